The Hall–Kier alpha value is -7.25. The summed E-state index contributed by atoms with van der Waals surface area (Å²) in [6, 6.07) is 15.4. The van der Waals surface area contributed by atoms with Crippen molar-refractivity contribution in [3.8, 4) is 0 Å². The fraction of sp³-hybridized carbons (Fsp3) is 0.0571. The summed E-state index contributed by atoms with van der Waals surface area (Å²) in [4.78, 5) is 48.9. The molecule has 0 atom stereocenters. The molecule has 5 aromatic rings. The maximum atomic E-state index is 10.9. The summed E-state index contributed by atoms with van der Waals surface area (Å²) < 4.78 is 3.83. The van der Waals surface area contributed by atoms with Crippen molar-refractivity contribution >= 4 is 90.3 Å². The zero-order chi connectivity index (χ0) is 42.5. The van der Waals surface area contributed by atoms with Crippen LogP contribution in [0, 0.1) is 20.2 Å². The standard InChI is InChI=1S/C17H16ClN5.2C9H6N4O4S.Co/c1-22-11-12-23(2)17(22)21-20-16-9-7-15(8-10-16)19-14-5-3-13(18)4-6-14;2*14-5-1-2-6(7(15)3-5)11-12-9-10-4-8(18-9)13(16)17;/h3-12H,1-2H3;2*1-4H,(H2,10,12,14,15);/p-1. The predicted octanol–water partition coefficient (Wildman–Crippen LogP) is 5.56. The minimum absolute atomic E-state index is 0. The Balaban J connectivity index is 0.000000199. The Morgan fingerprint density at radius 2 is 1.22 bits per heavy atom. The van der Waals surface area contributed by atoms with Crippen LogP contribution in [0.2, 0.25) is 5.02 Å². The number of hydrogen-bond donors (Lipinski definition) is 3. The molecule has 0 bridgehead atoms. The molecule has 21 nitrogen and oxygen atoms in total. The molecule has 25 heteroatoms. The quantitative estimate of drug-likeness (QED) is 0.0569. The van der Waals surface area contributed by atoms with Crippen LogP contribution in [0.3, 0.4) is 0 Å². The number of carbonyl (C=O) groups is 2. The SMILES string of the molecule is Cn1cc[n+](C)c1N=Nc1ccc(Nc2ccc(Cl)cc2)cc1.O=C1C=CC(=NN=c2[n-]cc([N+](=O)[O-])s2)C(O)=C1.O=C1C=CC(=NN=c2[n-]cc([N+](=O)[O-])s2)C(O)=C1.[Co]. The van der Waals surface area contributed by atoms with Crippen LogP contribution in [-0.4, -0.2) is 47.6 Å². The molecule has 2 aromatic carbocycles. The van der Waals surface area contributed by atoms with E-state index in [1.165, 1.54) is 24.3 Å². The van der Waals surface area contributed by atoms with Gasteiger partial charge in [-0.15, -0.1) is 0 Å². The van der Waals surface area contributed by atoms with Gasteiger partial charge in [0.15, 0.2) is 11.6 Å². The largest absolute Gasteiger partial charge is 0.506 e. The van der Waals surface area contributed by atoms with Gasteiger partial charge in [-0.2, -0.15) is 0 Å². The Kier molecular flexibility index (Phi) is 16.3. The molecule has 0 unspecified atom stereocenters. The van der Waals surface area contributed by atoms with Crippen molar-refractivity contribution < 1.29 is 51.0 Å². The molecule has 0 fully saturated rings. The molecule has 0 spiro atoms. The van der Waals surface area contributed by atoms with Gasteiger partial charge < -0.3 is 35.7 Å². The van der Waals surface area contributed by atoms with E-state index in [1.54, 1.807) is 0 Å². The molecular formula is C35H27ClCoN13O8S2-. The van der Waals surface area contributed by atoms with Gasteiger partial charge in [0.2, 0.25) is 0 Å². The summed E-state index contributed by atoms with van der Waals surface area (Å²) in [5.74, 6) is -0.532. The number of aliphatic hydroxyl groups is 2. The summed E-state index contributed by atoms with van der Waals surface area (Å²) >= 11 is 7.39. The van der Waals surface area contributed by atoms with Crippen molar-refractivity contribution in [1.29, 1.82) is 0 Å². The molecule has 0 aliphatic heterocycles. The van der Waals surface area contributed by atoms with Crippen molar-refractivity contribution in [3.05, 3.63) is 156 Å². The van der Waals surface area contributed by atoms with Crippen molar-refractivity contribution in [1.82, 2.24) is 14.5 Å². The van der Waals surface area contributed by atoms with E-state index in [2.05, 4.69) is 45.9 Å². The number of hydrogen-bond acceptors (Lipinski definition) is 17. The second-order valence-corrected chi connectivity index (χ2v) is 13.8. The maximum absolute atomic E-state index is 10.9. The zero-order valence-corrected chi connectivity index (χ0v) is 34.1. The van der Waals surface area contributed by atoms with E-state index in [1.807, 2.05) is 84.2 Å². The molecule has 0 saturated heterocycles. The normalized spacial score (nSPS) is 15.2. The van der Waals surface area contributed by atoms with E-state index >= 15 is 0 Å². The number of carbonyl (C=O) groups excluding carboxylic acids is 2. The average Bonchev–Trinajstić information content (AvgIpc) is 3.96. The number of rotatable bonds is 8. The number of azo groups is 1. The number of allylic oxidation sites excluding steroid dienone is 6. The van der Waals surface area contributed by atoms with E-state index in [4.69, 9.17) is 11.6 Å². The first-order valence-corrected chi connectivity index (χ1v) is 18.3. The van der Waals surface area contributed by atoms with Gasteiger partial charge >= 0.3 is 16.0 Å². The van der Waals surface area contributed by atoms with Gasteiger partial charge in [-0.1, -0.05) is 39.4 Å². The van der Waals surface area contributed by atoms with Crippen LogP contribution in [0.5, 0.6) is 0 Å². The number of nitrogens with one attached hydrogen (secondary N) is 1. The van der Waals surface area contributed by atoms with Gasteiger partial charge in [0.1, 0.15) is 28.6 Å². The summed E-state index contributed by atoms with van der Waals surface area (Å²) in [6.45, 7) is 0. The van der Waals surface area contributed by atoms with Crippen molar-refractivity contribution in [2.24, 2.45) is 44.7 Å². The van der Waals surface area contributed by atoms with Crippen LogP contribution in [0.15, 0.2) is 152 Å². The molecule has 60 heavy (non-hydrogen) atoms. The molecule has 309 valence electrons. The number of nitro groups is 2. The van der Waals surface area contributed by atoms with Gasteiger partial charge in [-0.05, 0) is 72.8 Å². The number of ketones is 2. The van der Waals surface area contributed by atoms with Crippen LogP contribution in [0.1, 0.15) is 0 Å². The molecule has 2 aliphatic carbocycles. The van der Waals surface area contributed by atoms with Crippen molar-refractivity contribution in [2.45, 2.75) is 0 Å². The summed E-state index contributed by atoms with van der Waals surface area (Å²) in [5, 5.41) is 66.4. The van der Waals surface area contributed by atoms with Gasteiger partial charge in [0.05, 0.1) is 36.3 Å². The summed E-state index contributed by atoms with van der Waals surface area (Å²) in [5.41, 5.74) is 2.95. The van der Waals surface area contributed by atoms with Crippen LogP contribution in [0.25, 0.3) is 0 Å². The van der Waals surface area contributed by atoms with Gasteiger partial charge in [-0.25, -0.2) is 9.13 Å². The van der Waals surface area contributed by atoms with Crippen LogP contribution in [0.4, 0.5) is 33.0 Å². The molecular weight excluding hydrogens is 889 g/mol. The number of aryl methyl sites for hydroxylation is 2. The van der Waals surface area contributed by atoms with E-state index in [-0.39, 0.29) is 70.9 Å². The Morgan fingerprint density at radius 1 is 0.750 bits per heavy atom. The minimum atomic E-state index is -0.583. The first-order chi connectivity index (χ1) is 28.2. The minimum Gasteiger partial charge on any atom is -0.506 e. The van der Waals surface area contributed by atoms with Gasteiger partial charge in [0.25, 0.3) is 0 Å². The molecule has 2 aliphatic rings. The number of aliphatic hydroxyl groups excluding tert-OH is 2. The smallest absolute Gasteiger partial charge is 0.421 e. The zero-order valence-electron chi connectivity index (χ0n) is 30.6. The van der Waals surface area contributed by atoms with E-state index in [9.17, 15) is 40.0 Å². The number of nitrogens with zero attached hydrogens (tertiary/aromatic N) is 12. The predicted molar refractivity (Wildman–Crippen MR) is 216 cm³/mol. The van der Waals surface area contributed by atoms with Crippen LogP contribution < -0.4 is 29.5 Å². The van der Waals surface area contributed by atoms with E-state index in [0.29, 0.717) is 0 Å². The maximum Gasteiger partial charge on any atom is 0.421 e. The third-order valence-electron chi connectivity index (χ3n) is 7.10. The summed E-state index contributed by atoms with van der Waals surface area (Å²) in [6.07, 6.45) is 13.0. The molecule has 7 rings (SSSR count). The second kappa shape index (κ2) is 21.5. The molecule has 3 aromatic heterocycles. The first-order valence-electron chi connectivity index (χ1n) is 16.3. The molecule has 0 amide bonds. The second-order valence-electron chi connectivity index (χ2n) is 11.4. The van der Waals surface area contributed by atoms with E-state index in [0.717, 1.165) is 75.3 Å². The third-order valence-corrected chi connectivity index (χ3v) is 9.02. The number of imidazole rings is 1. The van der Waals surface area contributed by atoms with Gasteiger partial charge in [0, 0.05) is 72.4 Å². The Morgan fingerprint density at radius 3 is 1.62 bits per heavy atom. The molecule has 3 N–H and O–H groups in total. The molecule has 1 radical (unpaired) electrons. The van der Waals surface area contributed by atoms with Crippen molar-refractivity contribution in [3.63, 3.8) is 0 Å². The topological polar surface area (TPSA) is 284 Å². The average molecular weight is 916 g/mol. The third kappa shape index (κ3) is 13.4. The number of benzene rings is 2. The Labute approximate surface area is 360 Å². The Bertz CT molecular complexity index is 2620. The van der Waals surface area contributed by atoms with E-state index < -0.39 is 9.85 Å². The fourth-order valence-corrected chi connectivity index (χ4v) is 5.51. The number of halogens is 1. The molecule has 0 saturated carbocycles. The number of aromatic nitrogens is 4. The first kappa shape index (κ1) is 45.4. The number of anilines is 2. The van der Waals surface area contributed by atoms with Crippen molar-refractivity contribution in [2.75, 3.05) is 5.32 Å². The molecule has 3 heterocycles. The van der Waals surface area contributed by atoms with Crippen LogP contribution in [-0.2, 0) is 40.5 Å². The van der Waals surface area contributed by atoms with Crippen LogP contribution >= 0.6 is 34.3 Å². The fourth-order valence-electron chi connectivity index (χ4n) is 4.28. The number of thiazole rings is 2. The monoisotopic (exact) mass is 915 g/mol. The summed E-state index contributed by atoms with van der Waals surface area (Å²) in [7, 11) is 3.88. The van der Waals surface area contributed by atoms with Gasteiger partial charge in [-0.3, -0.25) is 40.0 Å².